The molecule has 0 aromatic rings. The van der Waals surface area contributed by atoms with Crippen molar-refractivity contribution in [3.05, 3.63) is 0 Å². The zero-order chi connectivity index (χ0) is 10.4. The molecule has 14 heavy (non-hydrogen) atoms. The van der Waals surface area contributed by atoms with Crippen molar-refractivity contribution in [3.63, 3.8) is 0 Å². The predicted molar refractivity (Wildman–Crippen MR) is 51.7 cm³/mol. The zero-order valence-corrected chi connectivity index (χ0v) is 8.20. The molecule has 1 rings (SSSR count). The Hall–Kier alpha value is -0.650. The highest BCUT2D eigenvalue weighted by Gasteiger charge is 2.21. The van der Waals surface area contributed by atoms with Gasteiger partial charge in [-0.1, -0.05) is 0 Å². The van der Waals surface area contributed by atoms with Crippen LogP contribution in [0.25, 0.3) is 0 Å². The van der Waals surface area contributed by atoms with Gasteiger partial charge >= 0.3 is 0 Å². The van der Waals surface area contributed by atoms with Gasteiger partial charge in [-0.2, -0.15) is 0 Å². The number of aliphatic hydroxyl groups excluding tert-OH is 2. The number of rotatable bonds is 7. The van der Waals surface area contributed by atoms with Gasteiger partial charge in [0.1, 0.15) is 0 Å². The van der Waals surface area contributed by atoms with Gasteiger partial charge in [0, 0.05) is 13.1 Å². The van der Waals surface area contributed by atoms with Crippen LogP contribution >= 0.6 is 0 Å². The van der Waals surface area contributed by atoms with Gasteiger partial charge in [-0.25, -0.2) is 0 Å². The van der Waals surface area contributed by atoms with Gasteiger partial charge < -0.3 is 20.8 Å². The van der Waals surface area contributed by atoms with Crippen LogP contribution in [0.15, 0.2) is 0 Å². The fourth-order valence-corrected chi connectivity index (χ4v) is 1.06. The Kier molecular flexibility index (Phi) is 4.86. The summed E-state index contributed by atoms with van der Waals surface area (Å²) in [6.07, 6.45) is 1.65. The van der Waals surface area contributed by atoms with E-state index in [1.165, 1.54) is 12.8 Å². The first-order valence-electron chi connectivity index (χ1n) is 4.98. The molecule has 0 bridgehead atoms. The highest BCUT2D eigenvalue weighted by atomic mass is 16.3. The SMILES string of the molecule is O=C(CNCC(O)CO)NCC1CC1. The van der Waals surface area contributed by atoms with E-state index < -0.39 is 6.10 Å². The van der Waals surface area contributed by atoms with E-state index in [2.05, 4.69) is 10.6 Å². The minimum atomic E-state index is -0.786. The van der Waals surface area contributed by atoms with E-state index >= 15 is 0 Å². The summed E-state index contributed by atoms with van der Waals surface area (Å²) >= 11 is 0. The second-order valence-corrected chi connectivity index (χ2v) is 3.71. The third kappa shape index (κ3) is 5.16. The van der Waals surface area contributed by atoms with Crippen LogP contribution in [0.2, 0.25) is 0 Å². The number of aliphatic hydroxyl groups is 2. The van der Waals surface area contributed by atoms with Gasteiger partial charge in [0.05, 0.1) is 19.3 Å². The summed E-state index contributed by atoms with van der Waals surface area (Å²) in [4.78, 5) is 11.1. The molecule has 5 heteroatoms. The van der Waals surface area contributed by atoms with Crippen molar-refractivity contribution in [2.45, 2.75) is 18.9 Å². The monoisotopic (exact) mass is 202 g/mol. The van der Waals surface area contributed by atoms with Crippen LogP contribution in [0, 0.1) is 5.92 Å². The number of hydrogen-bond donors (Lipinski definition) is 4. The molecular formula is C9H18N2O3. The molecule has 82 valence electrons. The first-order chi connectivity index (χ1) is 6.72. The van der Waals surface area contributed by atoms with Gasteiger partial charge in [0.15, 0.2) is 0 Å². The molecule has 0 spiro atoms. The predicted octanol–water partition coefficient (Wildman–Crippen LogP) is -1.54. The van der Waals surface area contributed by atoms with Crippen molar-refractivity contribution in [3.8, 4) is 0 Å². The minimum absolute atomic E-state index is 0.0537. The van der Waals surface area contributed by atoms with E-state index in [0.29, 0.717) is 5.92 Å². The third-order valence-electron chi connectivity index (χ3n) is 2.16. The Balaban J connectivity index is 1.91. The molecule has 0 aromatic carbocycles. The standard InChI is InChI=1S/C9H18N2O3/c12-6-8(13)4-10-5-9(14)11-3-7-1-2-7/h7-8,10,12-13H,1-6H2,(H,11,14). The molecule has 1 unspecified atom stereocenters. The van der Waals surface area contributed by atoms with E-state index in [4.69, 9.17) is 10.2 Å². The lowest BCUT2D eigenvalue weighted by Gasteiger charge is -2.08. The average molecular weight is 202 g/mol. The number of carbonyl (C=O) groups excluding carboxylic acids is 1. The Morgan fingerprint density at radius 1 is 1.50 bits per heavy atom. The lowest BCUT2D eigenvalue weighted by molar-refractivity contribution is -0.120. The quantitative estimate of drug-likeness (QED) is 0.403. The largest absolute Gasteiger partial charge is 0.394 e. The van der Waals surface area contributed by atoms with E-state index in [-0.39, 0.29) is 25.6 Å². The van der Waals surface area contributed by atoms with Gasteiger partial charge in [0.2, 0.25) is 5.91 Å². The first kappa shape index (κ1) is 11.4. The van der Waals surface area contributed by atoms with Crippen molar-refractivity contribution in [2.75, 3.05) is 26.2 Å². The van der Waals surface area contributed by atoms with Crippen LogP contribution in [-0.2, 0) is 4.79 Å². The van der Waals surface area contributed by atoms with Crippen LogP contribution < -0.4 is 10.6 Å². The first-order valence-corrected chi connectivity index (χ1v) is 4.98. The highest BCUT2D eigenvalue weighted by molar-refractivity contribution is 5.77. The number of nitrogens with one attached hydrogen (secondary N) is 2. The van der Waals surface area contributed by atoms with Crippen LogP contribution in [0.4, 0.5) is 0 Å². The van der Waals surface area contributed by atoms with Crippen LogP contribution in [0.3, 0.4) is 0 Å². The number of amides is 1. The van der Waals surface area contributed by atoms with Crippen LogP contribution in [-0.4, -0.2) is 48.5 Å². The van der Waals surface area contributed by atoms with Gasteiger partial charge in [-0.15, -0.1) is 0 Å². The molecule has 0 radical (unpaired) electrons. The van der Waals surface area contributed by atoms with Crippen molar-refractivity contribution in [1.29, 1.82) is 0 Å². The summed E-state index contributed by atoms with van der Waals surface area (Å²) in [6, 6.07) is 0. The molecular weight excluding hydrogens is 184 g/mol. The van der Waals surface area contributed by atoms with Crippen molar-refractivity contribution < 1.29 is 15.0 Å². The Bertz CT molecular complexity index is 183. The third-order valence-corrected chi connectivity index (χ3v) is 2.16. The van der Waals surface area contributed by atoms with Gasteiger partial charge in [-0.3, -0.25) is 4.79 Å². The summed E-state index contributed by atoms with van der Waals surface area (Å²) < 4.78 is 0. The summed E-state index contributed by atoms with van der Waals surface area (Å²) in [5.41, 5.74) is 0. The molecule has 1 aliphatic rings. The fourth-order valence-electron chi connectivity index (χ4n) is 1.06. The molecule has 1 saturated carbocycles. The molecule has 0 heterocycles. The van der Waals surface area contributed by atoms with E-state index in [9.17, 15) is 4.79 Å². The molecule has 0 saturated heterocycles. The molecule has 5 nitrogen and oxygen atoms in total. The Labute approximate surface area is 83.5 Å². The van der Waals surface area contributed by atoms with Crippen LogP contribution in [0.1, 0.15) is 12.8 Å². The fraction of sp³-hybridized carbons (Fsp3) is 0.889. The number of hydrogen-bond acceptors (Lipinski definition) is 4. The van der Waals surface area contributed by atoms with E-state index in [1.807, 2.05) is 0 Å². The van der Waals surface area contributed by atoms with E-state index in [0.717, 1.165) is 6.54 Å². The molecule has 4 N–H and O–H groups in total. The number of carbonyl (C=O) groups is 1. The summed E-state index contributed by atoms with van der Waals surface area (Å²) in [7, 11) is 0. The lowest BCUT2D eigenvalue weighted by Crippen LogP contribution is -2.38. The zero-order valence-electron chi connectivity index (χ0n) is 8.20. The molecule has 1 atom stereocenters. The smallest absolute Gasteiger partial charge is 0.233 e. The Morgan fingerprint density at radius 3 is 2.79 bits per heavy atom. The molecule has 0 aliphatic heterocycles. The minimum Gasteiger partial charge on any atom is -0.394 e. The lowest BCUT2D eigenvalue weighted by atomic mass is 10.3. The van der Waals surface area contributed by atoms with Gasteiger partial charge in [-0.05, 0) is 18.8 Å². The second kappa shape index (κ2) is 5.95. The van der Waals surface area contributed by atoms with Crippen LogP contribution in [0.5, 0.6) is 0 Å². The Morgan fingerprint density at radius 2 is 2.21 bits per heavy atom. The molecule has 1 fully saturated rings. The highest BCUT2D eigenvalue weighted by Crippen LogP contribution is 2.27. The average Bonchev–Trinajstić information content (AvgIpc) is 2.98. The van der Waals surface area contributed by atoms with E-state index in [1.54, 1.807) is 0 Å². The topological polar surface area (TPSA) is 81.6 Å². The van der Waals surface area contributed by atoms with Crippen molar-refractivity contribution >= 4 is 5.91 Å². The maximum absolute atomic E-state index is 11.1. The molecule has 0 aromatic heterocycles. The molecule has 1 aliphatic carbocycles. The normalized spacial score (nSPS) is 17.9. The van der Waals surface area contributed by atoms with Gasteiger partial charge in [0.25, 0.3) is 0 Å². The maximum atomic E-state index is 11.1. The van der Waals surface area contributed by atoms with Crippen molar-refractivity contribution in [2.24, 2.45) is 5.92 Å². The second-order valence-electron chi connectivity index (χ2n) is 3.71. The summed E-state index contributed by atoms with van der Waals surface area (Å²) in [6.45, 7) is 0.927. The van der Waals surface area contributed by atoms with Crippen molar-refractivity contribution in [1.82, 2.24) is 10.6 Å². The molecule has 1 amide bonds. The summed E-state index contributed by atoms with van der Waals surface area (Å²) in [5, 5.41) is 23.0. The summed E-state index contributed by atoms with van der Waals surface area (Å²) in [5.74, 6) is 0.629. The maximum Gasteiger partial charge on any atom is 0.233 e.